The molecule has 3 heterocycles. The predicted molar refractivity (Wildman–Crippen MR) is 86.0 cm³/mol. The Balaban J connectivity index is 1.41. The third-order valence-corrected chi connectivity index (χ3v) is 4.37. The number of carbonyl (C=O) groups excluding carboxylic acids is 1. The molecule has 1 aromatic heterocycles. The second kappa shape index (κ2) is 6.14. The quantitative estimate of drug-likeness (QED) is 0.918. The van der Waals surface area contributed by atoms with Gasteiger partial charge in [0.25, 0.3) is 0 Å². The van der Waals surface area contributed by atoms with E-state index in [0.29, 0.717) is 25.4 Å². The van der Waals surface area contributed by atoms with E-state index in [0.717, 1.165) is 42.3 Å². The van der Waals surface area contributed by atoms with Crippen molar-refractivity contribution in [3.63, 3.8) is 0 Å². The molecule has 0 unspecified atom stereocenters. The summed E-state index contributed by atoms with van der Waals surface area (Å²) < 4.78 is 13.2. The predicted octanol–water partition coefficient (Wildman–Crippen LogP) is 1.42. The SMILES string of the molecule is C[C@H](NC(=O)Cc1ccc2c(c1)OCCO2)c1nnc2n1CCC2. The van der Waals surface area contributed by atoms with Crippen LogP contribution in [0.2, 0.25) is 0 Å². The standard InChI is InChI=1S/C17H20N4O3/c1-11(17-20-19-15-3-2-6-21(15)17)18-16(22)10-12-4-5-13-14(9-12)24-8-7-23-13/h4-5,9,11H,2-3,6-8,10H2,1H3,(H,18,22)/t11-/m0/s1. The van der Waals surface area contributed by atoms with Gasteiger partial charge in [0.1, 0.15) is 19.0 Å². The third-order valence-electron chi connectivity index (χ3n) is 4.37. The normalized spacial score (nSPS) is 16.5. The Hall–Kier alpha value is -2.57. The van der Waals surface area contributed by atoms with Gasteiger partial charge in [0, 0.05) is 13.0 Å². The molecule has 0 saturated carbocycles. The summed E-state index contributed by atoms with van der Waals surface area (Å²) in [6, 6.07) is 5.46. The minimum absolute atomic E-state index is 0.0467. The van der Waals surface area contributed by atoms with Crippen LogP contribution in [-0.4, -0.2) is 33.9 Å². The zero-order valence-electron chi connectivity index (χ0n) is 13.6. The molecule has 2 aliphatic rings. The number of aryl methyl sites for hydroxylation is 1. The number of nitrogens with zero attached hydrogens (tertiary/aromatic N) is 3. The second-order valence-corrected chi connectivity index (χ2v) is 6.17. The third kappa shape index (κ3) is 2.81. The van der Waals surface area contributed by atoms with E-state index in [2.05, 4.69) is 20.1 Å². The van der Waals surface area contributed by atoms with E-state index < -0.39 is 0 Å². The van der Waals surface area contributed by atoms with Crippen LogP contribution in [-0.2, 0) is 24.2 Å². The van der Waals surface area contributed by atoms with E-state index in [-0.39, 0.29) is 11.9 Å². The van der Waals surface area contributed by atoms with E-state index in [4.69, 9.17) is 9.47 Å². The van der Waals surface area contributed by atoms with Crippen LogP contribution >= 0.6 is 0 Å². The zero-order valence-corrected chi connectivity index (χ0v) is 13.6. The number of benzene rings is 1. The maximum absolute atomic E-state index is 12.3. The van der Waals surface area contributed by atoms with E-state index in [1.807, 2.05) is 25.1 Å². The molecule has 7 heteroatoms. The molecule has 7 nitrogen and oxygen atoms in total. The summed E-state index contributed by atoms with van der Waals surface area (Å²) in [6.07, 6.45) is 2.35. The fourth-order valence-corrected chi connectivity index (χ4v) is 3.23. The first-order valence-electron chi connectivity index (χ1n) is 8.30. The molecule has 126 valence electrons. The highest BCUT2D eigenvalue weighted by molar-refractivity contribution is 5.79. The van der Waals surface area contributed by atoms with Crippen LogP contribution in [0.15, 0.2) is 18.2 Å². The van der Waals surface area contributed by atoms with Gasteiger partial charge in [0.15, 0.2) is 17.3 Å². The number of hydrogen-bond acceptors (Lipinski definition) is 5. The molecule has 1 N–H and O–H groups in total. The van der Waals surface area contributed by atoms with Crippen molar-refractivity contribution >= 4 is 5.91 Å². The maximum Gasteiger partial charge on any atom is 0.225 e. The lowest BCUT2D eigenvalue weighted by atomic mass is 10.1. The summed E-state index contributed by atoms with van der Waals surface area (Å²) in [5.74, 6) is 3.23. The number of nitrogens with one attached hydrogen (secondary N) is 1. The van der Waals surface area contributed by atoms with Crippen molar-refractivity contribution in [3.8, 4) is 11.5 Å². The molecule has 24 heavy (non-hydrogen) atoms. The van der Waals surface area contributed by atoms with Crippen LogP contribution in [0.25, 0.3) is 0 Å². The minimum Gasteiger partial charge on any atom is -0.486 e. The van der Waals surface area contributed by atoms with Crippen molar-refractivity contribution in [1.29, 1.82) is 0 Å². The first kappa shape index (κ1) is 15.0. The van der Waals surface area contributed by atoms with E-state index >= 15 is 0 Å². The van der Waals surface area contributed by atoms with Gasteiger partial charge in [-0.25, -0.2) is 0 Å². The molecule has 2 aromatic rings. The fourth-order valence-electron chi connectivity index (χ4n) is 3.23. The van der Waals surface area contributed by atoms with Crippen LogP contribution in [0.5, 0.6) is 11.5 Å². The van der Waals surface area contributed by atoms with Crippen molar-refractivity contribution in [2.45, 2.75) is 38.8 Å². The summed E-state index contributed by atoms with van der Waals surface area (Å²) in [6.45, 7) is 3.97. The van der Waals surface area contributed by atoms with Gasteiger partial charge in [-0.05, 0) is 31.0 Å². The van der Waals surface area contributed by atoms with Gasteiger partial charge in [-0.1, -0.05) is 6.07 Å². The molecule has 0 bridgehead atoms. The summed E-state index contributed by atoms with van der Waals surface area (Å²) in [5.41, 5.74) is 0.899. The molecule has 0 aliphatic carbocycles. The molecule has 1 atom stereocenters. The Morgan fingerprint density at radius 3 is 3.00 bits per heavy atom. The summed E-state index contributed by atoms with van der Waals surface area (Å²) in [4.78, 5) is 12.3. The number of carbonyl (C=O) groups is 1. The Kier molecular flexibility index (Phi) is 3.84. The van der Waals surface area contributed by atoms with Crippen LogP contribution in [0.3, 0.4) is 0 Å². The van der Waals surface area contributed by atoms with E-state index in [1.165, 1.54) is 0 Å². The molecule has 0 saturated heterocycles. The summed E-state index contributed by atoms with van der Waals surface area (Å²) in [7, 11) is 0. The summed E-state index contributed by atoms with van der Waals surface area (Å²) in [5, 5.41) is 11.4. The largest absolute Gasteiger partial charge is 0.486 e. The number of amides is 1. The Labute approximate surface area is 140 Å². The van der Waals surface area contributed by atoms with E-state index in [9.17, 15) is 4.79 Å². The van der Waals surface area contributed by atoms with Crippen LogP contribution < -0.4 is 14.8 Å². The van der Waals surface area contributed by atoms with Crippen LogP contribution in [0.1, 0.15) is 36.6 Å². The van der Waals surface area contributed by atoms with Crippen molar-refractivity contribution in [3.05, 3.63) is 35.4 Å². The monoisotopic (exact) mass is 328 g/mol. The lowest BCUT2D eigenvalue weighted by Crippen LogP contribution is -2.30. The topological polar surface area (TPSA) is 78.3 Å². The van der Waals surface area contributed by atoms with Crippen molar-refractivity contribution in [2.75, 3.05) is 13.2 Å². The first-order chi connectivity index (χ1) is 11.7. The van der Waals surface area contributed by atoms with Gasteiger partial charge < -0.3 is 19.4 Å². The Morgan fingerprint density at radius 1 is 1.29 bits per heavy atom. The van der Waals surface area contributed by atoms with Gasteiger partial charge in [0.05, 0.1) is 12.5 Å². The molecule has 2 aliphatic heterocycles. The molecule has 0 spiro atoms. The van der Waals surface area contributed by atoms with Gasteiger partial charge in [-0.2, -0.15) is 0 Å². The Morgan fingerprint density at radius 2 is 2.12 bits per heavy atom. The summed E-state index contributed by atoms with van der Waals surface area (Å²) >= 11 is 0. The number of ether oxygens (including phenoxy) is 2. The number of hydrogen-bond donors (Lipinski definition) is 1. The van der Waals surface area contributed by atoms with Crippen molar-refractivity contribution in [1.82, 2.24) is 20.1 Å². The lowest BCUT2D eigenvalue weighted by Gasteiger charge is -2.19. The van der Waals surface area contributed by atoms with Crippen LogP contribution in [0.4, 0.5) is 0 Å². The van der Waals surface area contributed by atoms with Gasteiger partial charge in [-0.15, -0.1) is 10.2 Å². The molecular weight excluding hydrogens is 308 g/mol. The van der Waals surface area contributed by atoms with Gasteiger partial charge in [0.2, 0.25) is 5.91 Å². The average molecular weight is 328 g/mol. The maximum atomic E-state index is 12.3. The average Bonchev–Trinajstić information content (AvgIpc) is 3.17. The number of fused-ring (bicyclic) bond motifs is 2. The fraction of sp³-hybridized carbons (Fsp3) is 0.471. The molecule has 1 aromatic carbocycles. The second-order valence-electron chi connectivity index (χ2n) is 6.17. The molecule has 4 rings (SSSR count). The Bertz CT molecular complexity index is 771. The molecule has 1 amide bonds. The van der Waals surface area contributed by atoms with Gasteiger partial charge in [-0.3, -0.25) is 4.79 Å². The van der Waals surface area contributed by atoms with Gasteiger partial charge >= 0.3 is 0 Å². The lowest BCUT2D eigenvalue weighted by molar-refractivity contribution is -0.121. The number of rotatable bonds is 4. The molecule has 0 radical (unpaired) electrons. The highest BCUT2D eigenvalue weighted by atomic mass is 16.6. The zero-order chi connectivity index (χ0) is 16.5. The highest BCUT2D eigenvalue weighted by Crippen LogP contribution is 2.30. The van der Waals surface area contributed by atoms with E-state index in [1.54, 1.807) is 0 Å². The first-order valence-corrected chi connectivity index (χ1v) is 8.30. The molecule has 0 fully saturated rings. The van der Waals surface area contributed by atoms with Crippen LogP contribution in [0, 0.1) is 0 Å². The van der Waals surface area contributed by atoms with Crippen molar-refractivity contribution < 1.29 is 14.3 Å². The minimum atomic E-state index is -0.158. The number of aromatic nitrogens is 3. The smallest absolute Gasteiger partial charge is 0.225 e. The highest BCUT2D eigenvalue weighted by Gasteiger charge is 2.22. The molecular formula is C17H20N4O3. The van der Waals surface area contributed by atoms with Crippen molar-refractivity contribution in [2.24, 2.45) is 0 Å².